The second-order valence-corrected chi connectivity index (χ2v) is 9.11. The van der Waals surface area contributed by atoms with Gasteiger partial charge in [-0.1, -0.05) is 30.3 Å². The third kappa shape index (κ3) is 4.69. The lowest BCUT2D eigenvalue weighted by atomic mass is 9.98. The molecule has 2 atom stereocenters. The van der Waals surface area contributed by atoms with Gasteiger partial charge in [0.2, 0.25) is 15.9 Å². The molecule has 30 heavy (non-hydrogen) atoms. The number of aromatic nitrogens is 2. The van der Waals surface area contributed by atoms with Gasteiger partial charge in [-0.3, -0.25) is 14.6 Å². The van der Waals surface area contributed by atoms with Crippen LogP contribution in [-0.4, -0.2) is 53.3 Å². The molecule has 0 aliphatic carbocycles. The highest BCUT2D eigenvalue weighted by molar-refractivity contribution is 7.89. The first kappa shape index (κ1) is 21.9. The molecule has 162 valence electrons. The highest BCUT2D eigenvalue weighted by atomic mass is 32.2. The quantitative estimate of drug-likeness (QED) is 0.484. The van der Waals surface area contributed by atoms with E-state index in [2.05, 4.69) is 10.3 Å². The smallest absolute Gasteiger partial charge is 0.325 e. The van der Waals surface area contributed by atoms with Gasteiger partial charge in [-0.05, 0) is 25.3 Å². The van der Waals surface area contributed by atoms with Crippen molar-refractivity contribution >= 4 is 15.9 Å². The molecule has 3 rings (SSSR count). The summed E-state index contributed by atoms with van der Waals surface area (Å²) in [5, 5.41) is 12.9. The first-order valence-electron chi connectivity index (χ1n) is 9.54. The molecule has 4 N–H and O–H groups in total. The lowest BCUT2D eigenvalue weighted by Gasteiger charge is -2.31. The Morgan fingerprint density at radius 2 is 1.97 bits per heavy atom. The zero-order chi connectivity index (χ0) is 21.9. The highest BCUT2D eigenvalue weighted by Crippen LogP contribution is 2.23. The number of H-pyrrole nitrogens is 2. The number of aliphatic hydroxyl groups excluding tert-OH is 1. The number of hydrogen-bond donors (Lipinski definition) is 4. The molecule has 1 aromatic heterocycles. The minimum Gasteiger partial charge on any atom is -0.387 e. The fraction of sp³-hybridized carbons (Fsp3) is 0.421. The van der Waals surface area contributed by atoms with E-state index in [0.29, 0.717) is 18.4 Å². The fourth-order valence-corrected chi connectivity index (χ4v) is 5.26. The fourth-order valence-electron chi connectivity index (χ4n) is 3.54. The third-order valence-electron chi connectivity index (χ3n) is 5.08. The second kappa shape index (κ2) is 8.94. The molecule has 0 bridgehead atoms. The number of sulfonamides is 1. The Morgan fingerprint density at radius 1 is 1.27 bits per heavy atom. The summed E-state index contributed by atoms with van der Waals surface area (Å²) in [5.41, 5.74) is -1.17. The zero-order valence-corrected chi connectivity index (χ0v) is 17.2. The summed E-state index contributed by atoms with van der Waals surface area (Å²) in [4.78, 5) is 39.7. The van der Waals surface area contributed by atoms with Crippen molar-refractivity contribution in [3.8, 4) is 0 Å². The molecule has 1 amide bonds. The Morgan fingerprint density at radius 3 is 2.63 bits per heavy atom. The number of aryl methyl sites for hydroxylation is 1. The minimum absolute atomic E-state index is 0.00476. The van der Waals surface area contributed by atoms with E-state index in [0.717, 1.165) is 4.31 Å². The average Bonchev–Trinajstić information content (AvgIpc) is 2.71. The van der Waals surface area contributed by atoms with Gasteiger partial charge in [-0.2, -0.15) is 4.31 Å². The topological polar surface area (TPSA) is 152 Å². The first-order valence-corrected chi connectivity index (χ1v) is 11.0. The maximum absolute atomic E-state index is 13.0. The molecule has 1 aromatic carbocycles. The zero-order valence-electron chi connectivity index (χ0n) is 16.4. The van der Waals surface area contributed by atoms with Gasteiger partial charge in [0.25, 0.3) is 5.56 Å². The third-order valence-corrected chi connectivity index (χ3v) is 7.10. The molecule has 0 saturated carbocycles. The van der Waals surface area contributed by atoms with Crippen molar-refractivity contribution in [3.05, 3.63) is 62.4 Å². The van der Waals surface area contributed by atoms with E-state index < -0.39 is 38.2 Å². The molecule has 1 aliphatic rings. The number of piperidine rings is 1. The van der Waals surface area contributed by atoms with Crippen LogP contribution in [0.4, 0.5) is 0 Å². The van der Waals surface area contributed by atoms with E-state index in [1.54, 1.807) is 24.3 Å². The van der Waals surface area contributed by atoms with Crippen LogP contribution in [0.2, 0.25) is 0 Å². The molecule has 0 unspecified atom stereocenters. The number of benzene rings is 1. The van der Waals surface area contributed by atoms with Crippen molar-refractivity contribution < 1.29 is 18.3 Å². The number of amides is 1. The number of aliphatic hydroxyl groups is 1. The number of carbonyl (C=O) groups is 1. The number of hydrogen-bond acceptors (Lipinski definition) is 6. The summed E-state index contributed by atoms with van der Waals surface area (Å²) in [6.45, 7) is 1.41. The van der Waals surface area contributed by atoms with Crippen molar-refractivity contribution in [3.63, 3.8) is 0 Å². The molecule has 1 saturated heterocycles. The lowest BCUT2D eigenvalue weighted by molar-refractivity contribution is -0.126. The van der Waals surface area contributed by atoms with Gasteiger partial charge in [0, 0.05) is 25.3 Å². The van der Waals surface area contributed by atoms with Crippen LogP contribution in [-0.2, 0) is 14.8 Å². The van der Waals surface area contributed by atoms with Gasteiger partial charge in [-0.15, -0.1) is 0 Å². The molecule has 1 fully saturated rings. The maximum Gasteiger partial charge on any atom is 0.325 e. The number of nitrogens with zero attached hydrogens (tertiary/aromatic N) is 1. The van der Waals surface area contributed by atoms with E-state index in [4.69, 9.17) is 0 Å². The summed E-state index contributed by atoms with van der Waals surface area (Å²) in [7, 11) is -4.19. The number of aromatic amines is 2. The van der Waals surface area contributed by atoms with Gasteiger partial charge in [0.15, 0.2) is 4.90 Å². The Bertz CT molecular complexity index is 1130. The predicted octanol–water partition coefficient (Wildman–Crippen LogP) is -0.378. The highest BCUT2D eigenvalue weighted by Gasteiger charge is 2.36. The molecule has 11 heteroatoms. The van der Waals surface area contributed by atoms with Crippen molar-refractivity contribution in [1.82, 2.24) is 19.6 Å². The maximum atomic E-state index is 13.0. The van der Waals surface area contributed by atoms with Crippen LogP contribution in [0.3, 0.4) is 0 Å². The normalized spacial score (nSPS) is 18.7. The summed E-state index contributed by atoms with van der Waals surface area (Å²) in [6.07, 6.45) is 0.0555. The van der Waals surface area contributed by atoms with Crippen LogP contribution in [0.1, 0.15) is 30.2 Å². The van der Waals surface area contributed by atoms with Crippen LogP contribution >= 0.6 is 0 Å². The minimum atomic E-state index is -4.19. The number of nitrogens with one attached hydrogen (secondary N) is 3. The molecule has 2 heterocycles. The van der Waals surface area contributed by atoms with Crippen LogP contribution in [0.25, 0.3) is 0 Å². The Hall–Kier alpha value is -2.76. The van der Waals surface area contributed by atoms with E-state index in [9.17, 15) is 27.9 Å². The van der Waals surface area contributed by atoms with Crippen LogP contribution in [0.5, 0.6) is 0 Å². The Balaban J connectivity index is 1.70. The van der Waals surface area contributed by atoms with Crippen molar-refractivity contribution in [2.45, 2.75) is 30.8 Å². The van der Waals surface area contributed by atoms with Gasteiger partial charge in [0.05, 0.1) is 12.0 Å². The van der Waals surface area contributed by atoms with Gasteiger partial charge in [-0.25, -0.2) is 13.2 Å². The molecule has 2 aromatic rings. The molecular weight excluding hydrogens is 412 g/mol. The molecule has 0 spiro atoms. The number of rotatable bonds is 6. The molecular formula is C19H24N4O6S. The number of carbonyl (C=O) groups excluding carboxylic acids is 1. The summed E-state index contributed by atoms with van der Waals surface area (Å²) >= 11 is 0. The van der Waals surface area contributed by atoms with E-state index >= 15 is 0 Å². The van der Waals surface area contributed by atoms with Crippen molar-refractivity contribution in [1.29, 1.82) is 0 Å². The standard InChI is InChI=1S/C19H24N4O6S/c1-12-16(18(26)22-19(27)21-12)30(28,29)23-9-5-8-14(11-23)17(25)20-10-15(24)13-6-3-2-4-7-13/h2-4,6-7,14-15,24H,5,8-11H2,1H3,(H,20,25)(H2,21,22,26,27)/t14-,15-/m1/s1. The van der Waals surface area contributed by atoms with E-state index in [1.807, 2.05) is 11.1 Å². The van der Waals surface area contributed by atoms with Gasteiger partial charge < -0.3 is 15.4 Å². The second-order valence-electron chi connectivity index (χ2n) is 7.24. The Labute approximate surface area is 173 Å². The summed E-state index contributed by atoms with van der Waals surface area (Å²) in [5.74, 6) is -0.976. The van der Waals surface area contributed by atoms with Crippen molar-refractivity contribution in [2.75, 3.05) is 19.6 Å². The SMILES string of the molecule is Cc1[nH]c(=O)[nH]c(=O)c1S(=O)(=O)N1CCC[C@@H](C(=O)NC[C@@H](O)c2ccccc2)C1. The summed E-state index contributed by atoms with van der Waals surface area (Å²) < 4.78 is 27.0. The van der Waals surface area contributed by atoms with Gasteiger partial charge in [0.1, 0.15) is 0 Å². The van der Waals surface area contributed by atoms with Crippen molar-refractivity contribution in [2.24, 2.45) is 5.92 Å². The van der Waals surface area contributed by atoms with Gasteiger partial charge >= 0.3 is 5.69 Å². The largest absolute Gasteiger partial charge is 0.387 e. The van der Waals surface area contributed by atoms with Crippen LogP contribution < -0.4 is 16.6 Å². The van der Waals surface area contributed by atoms with E-state index in [-0.39, 0.29) is 31.2 Å². The van der Waals surface area contributed by atoms with Crippen LogP contribution in [0.15, 0.2) is 44.8 Å². The summed E-state index contributed by atoms with van der Waals surface area (Å²) in [6, 6.07) is 8.88. The first-order chi connectivity index (χ1) is 14.2. The lowest BCUT2D eigenvalue weighted by Crippen LogP contribution is -2.47. The molecule has 0 radical (unpaired) electrons. The molecule has 1 aliphatic heterocycles. The predicted molar refractivity (Wildman–Crippen MR) is 108 cm³/mol. The molecule has 10 nitrogen and oxygen atoms in total. The monoisotopic (exact) mass is 436 g/mol. The van der Waals surface area contributed by atoms with E-state index in [1.165, 1.54) is 6.92 Å². The average molecular weight is 436 g/mol. The van der Waals surface area contributed by atoms with Crippen LogP contribution in [0, 0.1) is 12.8 Å². The Kier molecular flexibility index (Phi) is 6.54.